The Morgan fingerprint density at radius 1 is 1.26 bits per heavy atom. The van der Waals surface area contributed by atoms with Crippen LogP contribution < -0.4 is 5.32 Å². The summed E-state index contributed by atoms with van der Waals surface area (Å²) in [6, 6.07) is 8.30. The van der Waals surface area contributed by atoms with Crippen LogP contribution in [0.15, 0.2) is 24.3 Å². The van der Waals surface area contributed by atoms with E-state index in [0.29, 0.717) is 6.42 Å². The highest BCUT2D eigenvalue weighted by Crippen LogP contribution is 2.34. The van der Waals surface area contributed by atoms with Crippen molar-refractivity contribution < 1.29 is 9.53 Å². The largest absolute Gasteiger partial charge is 0.468 e. The molecule has 0 unspecified atom stereocenters. The molecule has 0 spiro atoms. The Labute approximate surface area is 137 Å². The molecule has 4 nitrogen and oxygen atoms in total. The molecular formula is C19H26N2O2. The van der Waals surface area contributed by atoms with E-state index >= 15 is 0 Å². The molecule has 0 aliphatic carbocycles. The van der Waals surface area contributed by atoms with Crippen molar-refractivity contribution in [3.8, 4) is 0 Å². The number of methoxy groups -OCH3 is 1. The van der Waals surface area contributed by atoms with E-state index in [1.807, 2.05) is 6.07 Å². The van der Waals surface area contributed by atoms with Crippen molar-refractivity contribution in [1.82, 2.24) is 10.3 Å². The SMILES string of the molecule is CCCCCC[C@H]1N[C@H](C(=O)OC)Cc2c1[nH]c1ccccc21. The molecule has 1 aromatic carbocycles. The van der Waals surface area contributed by atoms with Gasteiger partial charge in [-0.2, -0.15) is 0 Å². The Bertz CT molecular complexity index is 677. The number of hydrogen-bond donors (Lipinski definition) is 2. The van der Waals surface area contributed by atoms with Crippen LogP contribution in [0.1, 0.15) is 56.3 Å². The van der Waals surface area contributed by atoms with E-state index in [-0.39, 0.29) is 18.1 Å². The first kappa shape index (κ1) is 16.1. The Kier molecular flexibility index (Phi) is 5.01. The average molecular weight is 314 g/mol. The second kappa shape index (κ2) is 7.18. The smallest absolute Gasteiger partial charge is 0.323 e. The van der Waals surface area contributed by atoms with Crippen LogP contribution in [-0.2, 0) is 16.0 Å². The van der Waals surface area contributed by atoms with Gasteiger partial charge in [0.05, 0.1) is 7.11 Å². The maximum absolute atomic E-state index is 12.1. The number of fused-ring (bicyclic) bond motifs is 3. The van der Waals surface area contributed by atoms with Crippen LogP contribution in [0.4, 0.5) is 0 Å². The topological polar surface area (TPSA) is 54.1 Å². The predicted octanol–water partition coefficient (Wildman–Crippen LogP) is 3.87. The van der Waals surface area contributed by atoms with Gasteiger partial charge in [-0.1, -0.05) is 50.8 Å². The number of aromatic amines is 1. The fraction of sp³-hybridized carbons (Fsp3) is 0.526. The maximum Gasteiger partial charge on any atom is 0.323 e. The summed E-state index contributed by atoms with van der Waals surface area (Å²) in [7, 11) is 1.46. The number of rotatable bonds is 6. The third-order valence-electron chi connectivity index (χ3n) is 4.84. The predicted molar refractivity (Wildman–Crippen MR) is 92.4 cm³/mol. The van der Waals surface area contributed by atoms with Gasteiger partial charge in [-0.05, 0) is 18.1 Å². The van der Waals surface area contributed by atoms with E-state index < -0.39 is 0 Å². The fourth-order valence-corrected chi connectivity index (χ4v) is 3.62. The number of carbonyl (C=O) groups excluding carboxylic acids is 1. The minimum Gasteiger partial charge on any atom is -0.468 e. The van der Waals surface area contributed by atoms with Crippen LogP contribution >= 0.6 is 0 Å². The Hall–Kier alpha value is -1.81. The Morgan fingerprint density at radius 3 is 2.87 bits per heavy atom. The minimum absolute atomic E-state index is 0.167. The van der Waals surface area contributed by atoms with Gasteiger partial charge < -0.3 is 9.72 Å². The molecule has 0 bridgehead atoms. The third kappa shape index (κ3) is 3.27. The van der Waals surface area contributed by atoms with Crippen molar-refractivity contribution in [2.75, 3.05) is 7.11 Å². The van der Waals surface area contributed by atoms with Crippen molar-refractivity contribution in [2.45, 2.75) is 57.5 Å². The number of carbonyl (C=O) groups is 1. The molecule has 2 aromatic rings. The van der Waals surface area contributed by atoms with Crippen LogP contribution in [0.25, 0.3) is 10.9 Å². The second-order valence-electron chi connectivity index (χ2n) is 6.41. The summed E-state index contributed by atoms with van der Waals surface area (Å²) >= 11 is 0. The highest BCUT2D eigenvalue weighted by Gasteiger charge is 2.33. The number of esters is 1. The molecule has 1 aromatic heterocycles. The molecule has 23 heavy (non-hydrogen) atoms. The molecule has 4 heteroatoms. The van der Waals surface area contributed by atoms with Crippen LogP contribution in [0, 0.1) is 0 Å². The molecule has 2 heterocycles. The summed E-state index contributed by atoms with van der Waals surface area (Å²) in [6.07, 6.45) is 6.67. The summed E-state index contributed by atoms with van der Waals surface area (Å²) < 4.78 is 4.97. The number of H-pyrrole nitrogens is 1. The van der Waals surface area contributed by atoms with Gasteiger partial charge in [0.15, 0.2) is 0 Å². The number of hydrogen-bond acceptors (Lipinski definition) is 3. The molecule has 1 aliphatic heterocycles. The number of ether oxygens (including phenoxy) is 1. The van der Waals surface area contributed by atoms with Crippen LogP contribution in [0.2, 0.25) is 0 Å². The van der Waals surface area contributed by atoms with E-state index in [4.69, 9.17) is 4.74 Å². The number of para-hydroxylation sites is 1. The lowest BCUT2D eigenvalue weighted by molar-refractivity contribution is -0.143. The summed E-state index contributed by atoms with van der Waals surface area (Å²) in [4.78, 5) is 15.6. The van der Waals surface area contributed by atoms with E-state index in [9.17, 15) is 4.79 Å². The lowest BCUT2D eigenvalue weighted by Gasteiger charge is -2.30. The molecule has 2 N–H and O–H groups in total. The number of aromatic nitrogens is 1. The normalized spacial score (nSPS) is 20.4. The number of unbranched alkanes of at least 4 members (excludes halogenated alkanes) is 3. The maximum atomic E-state index is 12.1. The zero-order valence-electron chi connectivity index (χ0n) is 14.0. The van der Waals surface area contributed by atoms with Crippen LogP contribution in [0.5, 0.6) is 0 Å². The van der Waals surface area contributed by atoms with Crippen molar-refractivity contribution in [2.24, 2.45) is 0 Å². The summed E-state index contributed by atoms with van der Waals surface area (Å²) in [6.45, 7) is 2.22. The van der Waals surface area contributed by atoms with Gasteiger partial charge in [-0.15, -0.1) is 0 Å². The van der Waals surface area contributed by atoms with Crippen molar-refractivity contribution >= 4 is 16.9 Å². The molecule has 0 fully saturated rings. The van der Waals surface area contributed by atoms with Crippen molar-refractivity contribution in [3.05, 3.63) is 35.5 Å². The molecule has 2 atom stereocenters. The lowest BCUT2D eigenvalue weighted by atomic mass is 9.91. The number of benzene rings is 1. The summed E-state index contributed by atoms with van der Waals surface area (Å²) in [5, 5.41) is 4.73. The van der Waals surface area contributed by atoms with Gasteiger partial charge in [0, 0.05) is 29.1 Å². The van der Waals surface area contributed by atoms with Crippen LogP contribution in [-0.4, -0.2) is 24.1 Å². The molecule has 1 aliphatic rings. The number of nitrogens with one attached hydrogen (secondary N) is 2. The molecular weight excluding hydrogens is 288 g/mol. The van der Waals surface area contributed by atoms with Crippen molar-refractivity contribution in [3.63, 3.8) is 0 Å². The lowest BCUT2D eigenvalue weighted by Crippen LogP contribution is -2.45. The zero-order valence-corrected chi connectivity index (χ0v) is 14.0. The average Bonchev–Trinajstić information content (AvgIpc) is 2.96. The first-order valence-electron chi connectivity index (χ1n) is 8.68. The molecule has 0 saturated carbocycles. The van der Waals surface area contributed by atoms with Gasteiger partial charge >= 0.3 is 5.97 Å². The molecule has 3 rings (SSSR count). The summed E-state index contributed by atoms with van der Waals surface area (Å²) in [5.41, 5.74) is 3.68. The zero-order chi connectivity index (χ0) is 16.2. The molecule has 0 amide bonds. The van der Waals surface area contributed by atoms with E-state index in [2.05, 4.69) is 35.4 Å². The van der Waals surface area contributed by atoms with Crippen molar-refractivity contribution in [1.29, 1.82) is 0 Å². The van der Waals surface area contributed by atoms with Crippen LogP contribution in [0.3, 0.4) is 0 Å². The highest BCUT2D eigenvalue weighted by atomic mass is 16.5. The first-order valence-corrected chi connectivity index (χ1v) is 8.68. The minimum atomic E-state index is -0.247. The van der Waals surface area contributed by atoms with Gasteiger partial charge in [0.1, 0.15) is 6.04 Å². The van der Waals surface area contributed by atoms with E-state index in [0.717, 1.165) is 11.9 Å². The van der Waals surface area contributed by atoms with E-state index in [1.54, 1.807) is 0 Å². The first-order chi connectivity index (χ1) is 11.2. The second-order valence-corrected chi connectivity index (χ2v) is 6.41. The Morgan fingerprint density at radius 2 is 2.09 bits per heavy atom. The summed E-state index contributed by atoms with van der Waals surface area (Å²) in [5.74, 6) is -0.167. The van der Waals surface area contributed by atoms with Gasteiger partial charge in [0.25, 0.3) is 0 Å². The standard InChI is InChI=1S/C19H26N2O2/c1-3-4-5-6-11-16-18-14(12-17(20-16)19(22)23-2)13-9-7-8-10-15(13)21-18/h7-10,16-17,20-21H,3-6,11-12H2,1-2H3/t16-,17+/m1/s1. The van der Waals surface area contributed by atoms with Gasteiger partial charge in [-0.3, -0.25) is 10.1 Å². The quantitative estimate of drug-likeness (QED) is 0.628. The third-order valence-corrected chi connectivity index (χ3v) is 4.84. The van der Waals surface area contributed by atoms with Gasteiger partial charge in [0.2, 0.25) is 0 Å². The molecule has 0 radical (unpaired) electrons. The fourth-order valence-electron chi connectivity index (χ4n) is 3.62. The van der Waals surface area contributed by atoms with E-state index in [1.165, 1.54) is 49.4 Å². The molecule has 124 valence electrons. The Balaban J connectivity index is 1.88. The van der Waals surface area contributed by atoms with Gasteiger partial charge in [-0.25, -0.2) is 0 Å². The monoisotopic (exact) mass is 314 g/mol. The highest BCUT2D eigenvalue weighted by molar-refractivity contribution is 5.87. The molecule has 0 saturated heterocycles.